The quantitative estimate of drug-likeness (QED) is 0.833. The number of hydrogen-bond donors (Lipinski definition) is 1. The lowest BCUT2D eigenvalue weighted by Crippen LogP contribution is -2.33. The maximum atomic E-state index is 11.6. The van der Waals surface area contributed by atoms with Gasteiger partial charge in [-0.1, -0.05) is 0 Å². The van der Waals surface area contributed by atoms with E-state index in [-0.39, 0.29) is 29.9 Å². The van der Waals surface area contributed by atoms with Gasteiger partial charge in [0.1, 0.15) is 11.5 Å². The first-order valence-corrected chi connectivity index (χ1v) is 8.54. The summed E-state index contributed by atoms with van der Waals surface area (Å²) in [5.41, 5.74) is 0. The van der Waals surface area contributed by atoms with Gasteiger partial charge in [-0.05, 0) is 36.6 Å². The second-order valence-corrected chi connectivity index (χ2v) is 7.27. The van der Waals surface area contributed by atoms with Crippen LogP contribution in [0.5, 0.6) is 11.5 Å². The molecule has 21 heavy (non-hydrogen) atoms. The first kappa shape index (κ1) is 15.6. The third-order valence-corrected chi connectivity index (χ3v) is 5.18. The summed E-state index contributed by atoms with van der Waals surface area (Å²) in [6, 6.07) is 6.93. The molecule has 1 amide bonds. The van der Waals surface area contributed by atoms with E-state index in [0.717, 1.165) is 0 Å². The third kappa shape index (κ3) is 4.93. The van der Waals surface area contributed by atoms with Gasteiger partial charge in [-0.2, -0.15) is 0 Å². The molecule has 1 heterocycles. The molecule has 116 valence electrons. The van der Waals surface area contributed by atoms with Gasteiger partial charge in [-0.25, -0.2) is 8.42 Å². The van der Waals surface area contributed by atoms with Crippen molar-refractivity contribution in [1.82, 2.24) is 5.32 Å². The van der Waals surface area contributed by atoms with Gasteiger partial charge in [0.25, 0.3) is 5.91 Å². The highest BCUT2D eigenvalue weighted by Crippen LogP contribution is 2.18. The Morgan fingerprint density at radius 3 is 2.52 bits per heavy atom. The standard InChI is InChI=1S/C14H19NO5S/c1-19-12-2-4-13(5-3-12)20-9-14(16)15-8-11-6-7-21(17,18)10-11/h2-5,11H,6-10H2,1H3,(H,15,16)/t11-/m1/s1. The number of nitrogens with one attached hydrogen (secondary N) is 1. The van der Waals surface area contributed by atoms with Crippen molar-refractivity contribution in [3.8, 4) is 11.5 Å². The van der Waals surface area contributed by atoms with E-state index in [1.165, 1.54) is 0 Å². The minimum atomic E-state index is -2.90. The summed E-state index contributed by atoms with van der Waals surface area (Å²) in [5.74, 6) is 1.43. The smallest absolute Gasteiger partial charge is 0.257 e. The van der Waals surface area contributed by atoms with Crippen molar-refractivity contribution >= 4 is 15.7 Å². The van der Waals surface area contributed by atoms with E-state index in [0.29, 0.717) is 24.5 Å². The Labute approximate surface area is 124 Å². The molecule has 1 aromatic rings. The molecule has 0 spiro atoms. The van der Waals surface area contributed by atoms with Crippen LogP contribution >= 0.6 is 0 Å². The van der Waals surface area contributed by atoms with Crippen LogP contribution in [0.25, 0.3) is 0 Å². The van der Waals surface area contributed by atoms with Crippen LogP contribution in [0.4, 0.5) is 0 Å². The highest BCUT2D eigenvalue weighted by molar-refractivity contribution is 7.91. The van der Waals surface area contributed by atoms with Crippen molar-refractivity contribution in [1.29, 1.82) is 0 Å². The van der Waals surface area contributed by atoms with Crippen LogP contribution < -0.4 is 14.8 Å². The molecule has 0 bridgehead atoms. The molecule has 1 aliphatic rings. The maximum Gasteiger partial charge on any atom is 0.257 e. The van der Waals surface area contributed by atoms with Crippen LogP contribution in [0.15, 0.2) is 24.3 Å². The monoisotopic (exact) mass is 313 g/mol. The van der Waals surface area contributed by atoms with E-state index in [1.807, 2.05) is 0 Å². The average molecular weight is 313 g/mol. The number of carbonyl (C=O) groups is 1. The molecule has 6 nitrogen and oxygen atoms in total. The predicted octanol–water partition coefficient (Wildman–Crippen LogP) is 0.625. The Morgan fingerprint density at radius 1 is 1.29 bits per heavy atom. The molecule has 0 aromatic heterocycles. The molecule has 0 unspecified atom stereocenters. The predicted molar refractivity (Wildman–Crippen MR) is 78.3 cm³/mol. The zero-order valence-electron chi connectivity index (χ0n) is 11.9. The Kier molecular flexibility index (Phi) is 5.06. The molecular weight excluding hydrogens is 294 g/mol. The SMILES string of the molecule is COc1ccc(OCC(=O)NC[C@H]2CCS(=O)(=O)C2)cc1. The number of carbonyl (C=O) groups excluding carboxylic acids is 1. The largest absolute Gasteiger partial charge is 0.497 e. The van der Waals surface area contributed by atoms with Gasteiger partial charge in [0.05, 0.1) is 18.6 Å². The first-order valence-electron chi connectivity index (χ1n) is 6.72. The molecule has 2 rings (SSSR count). The van der Waals surface area contributed by atoms with Crippen molar-refractivity contribution in [2.75, 3.05) is 31.8 Å². The summed E-state index contributed by atoms with van der Waals surface area (Å²) >= 11 is 0. The first-order chi connectivity index (χ1) is 9.98. The van der Waals surface area contributed by atoms with Crippen molar-refractivity contribution in [3.05, 3.63) is 24.3 Å². The number of rotatable bonds is 6. The summed E-state index contributed by atoms with van der Waals surface area (Å²) in [4.78, 5) is 11.6. The normalized spacial score (nSPS) is 20.0. The van der Waals surface area contributed by atoms with Crippen molar-refractivity contribution in [2.45, 2.75) is 6.42 Å². The second-order valence-electron chi connectivity index (χ2n) is 5.04. The van der Waals surface area contributed by atoms with E-state index < -0.39 is 9.84 Å². The van der Waals surface area contributed by atoms with Crippen molar-refractivity contribution in [3.63, 3.8) is 0 Å². The molecule has 0 aliphatic carbocycles. The molecule has 0 radical (unpaired) electrons. The summed E-state index contributed by atoms with van der Waals surface area (Å²) in [5, 5.41) is 2.70. The van der Waals surface area contributed by atoms with Crippen LogP contribution in [0.3, 0.4) is 0 Å². The molecule has 1 atom stereocenters. The highest BCUT2D eigenvalue weighted by atomic mass is 32.2. The van der Waals surface area contributed by atoms with Crippen LogP contribution in [-0.2, 0) is 14.6 Å². The Hall–Kier alpha value is -1.76. The molecule has 1 fully saturated rings. The second kappa shape index (κ2) is 6.80. The van der Waals surface area contributed by atoms with E-state index in [4.69, 9.17) is 9.47 Å². The fourth-order valence-corrected chi connectivity index (χ4v) is 4.02. The number of benzene rings is 1. The lowest BCUT2D eigenvalue weighted by atomic mass is 10.1. The zero-order valence-corrected chi connectivity index (χ0v) is 12.7. The van der Waals surface area contributed by atoms with Gasteiger partial charge in [0, 0.05) is 6.54 Å². The van der Waals surface area contributed by atoms with Crippen LogP contribution in [-0.4, -0.2) is 46.1 Å². The molecule has 7 heteroatoms. The summed E-state index contributed by atoms with van der Waals surface area (Å²) in [6.07, 6.45) is 0.613. The van der Waals surface area contributed by atoms with Crippen molar-refractivity contribution in [2.24, 2.45) is 5.92 Å². The molecule has 1 saturated heterocycles. The maximum absolute atomic E-state index is 11.6. The highest BCUT2D eigenvalue weighted by Gasteiger charge is 2.27. The summed E-state index contributed by atoms with van der Waals surface area (Å²) < 4.78 is 33.0. The molecule has 1 N–H and O–H groups in total. The lowest BCUT2D eigenvalue weighted by Gasteiger charge is -2.10. The minimum absolute atomic E-state index is 0.0138. The number of hydrogen-bond acceptors (Lipinski definition) is 5. The number of sulfone groups is 1. The molecule has 1 aromatic carbocycles. The number of amides is 1. The fourth-order valence-electron chi connectivity index (χ4n) is 2.16. The van der Waals surface area contributed by atoms with E-state index in [1.54, 1.807) is 31.4 Å². The van der Waals surface area contributed by atoms with Crippen molar-refractivity contribution < 1.29 is 22.7 Å². The fraction of sp³-hybridized carbons (Fsp3) is 0.500. The van der Waals surface area contributed by atoms with Gasteiger partial charge in [-0.3, -0.25) is 4.79 Å². The Balaban J connectivity index is 1.70. The van der Waals surface area contributed by atoms with Crippen LogP contribution in [0, 0.1) is 5.92 Å². The lowest BCUT2D eigenvalue weighted by molar-refractivity contribution is -0.123. The molecule has 1 aliphatic heterocycles. The van der Waals surface area contributed by atoms with E-state index in [2.05, 4.69) is 5.32 Å². The summed E-state index contributed by atoms with van der Waals surface area (Å²) in [6.45, 7) is 0.288. The van der Waals surface area contributed by atoms with Gasteiger partial charge in [0.2, 0.25) is 0 Å². The van der Waals surface area contributed by atoms with Gasteiger partial charge >= 0.3 is 0 Å². The zero-order chi connectivity index (χ0) is 15.3. The molecular formula is C14H19NO5S. The number of methoxy groups -OCH3 is 1. The summed E-state index contributed by atoms with van der Waals surface area (Å²) in [7, 11) is -1.32. The van der Waals surface area contributed by atoms with Crippen LogP contribution in [0.1, 0.15) is 6.42 Å². The van der Waals surface area contributed by atoms with Gasteiger partial charge in [-0.15, -0.1) is 0 Å². The van der Waals surface area contributed by atoms with E-state index >= 15 is 0 Å². The molecule has 0 saturated carbocycles. The average Bonchev–Trinajstić information content (AvgIpc) is 2.83. The van der Waals surface area contributed by atoms with E-state index in [9.17, 15) is 13.2 Å². The van der Waals surface area contributed by atoms with Gasteiger partial charge in [0.15, 0.2) is 16.4 Å². The number of ether oxygens (including phenoxy) is 2. The third-order valence-electron chi connectivity index (χ3n) is 3.34. The Morgan fingerprint density at radius 2 is 1.95 bits per heavy atom. The minimum Gasteiger partial charge on any atom is -0.497 e. The topological polar surface area (TPSA) is 81.7 Å². The van der Waals surface area contributed by atoms with Gasteiger partial charge < -0.3 is 14.8 Å². The Bertz CT molecular complexity index is 582. The van der Waals surface area contributed by atoms with Crippen LogP contribution in [0.2, 0.25) is 0 Å².